The monoisotopic (exact) mass is 299 g/mol. The number of aromatic hydroxyl groups is 1. The molecule has 0 bridgehead atoms. The highest BCUT2D eigenvalue weighted by atomic mass is 79.9. The van der Waals surface area contributed by atoms with Crippen LogP contribution in [0.3, 0.4) is 0 Å². The molecule has 1 rings (SSSR count). The predicted molar refractivity (Wildman–Crippen MR) is 73.8 cm³/mol. The predicted octanol–water partition coefficient (Wildman–Crippen LogP) is 3.37. The summed E-state index contributed by atoms with van der Waals surface area (Å²) in [5.41, 5.74) is 2.24. The number of nitrogens with one attached hydrogen (secondary N) is 1. The Hall–Kier alpha value is -1.03. The highest BCUT2D eigenvalue weighted by Crippen LogP contribution is 2.29. The van der Waals surface area contributed by atoms with Gasteiger partial charge in [-0.1, -0.05) is 35.8 Å². The number of alkyl halides is 1. The van der Waals surface area contributed by atoms with Crippen LogP contribution in [0.2, 0.25) is 0 Å². The molecule has 3 nitrogen and oxygen atoms in total. The Morgan fingerprint density at radius 1 is 1.35 bits per heavy atom. The summed E-state index contributed by atoms with van der Waals surface area (Å²) in [6.07, 6.45) is 0. The van der Waals surface area contributed by atoms with Crippen LogP contribution in [0.25, 0.3) is 0 Å². The van der Waals surface area contributed by atoms with E-state index < -0.39 is 0 Å². The minimum absolute atomic E-state index is 0.132. The first-order valence-corrected chi connectivity index (χ1v) is 6.49. The average Bonchev–Trinajstić information content (AvgIpc) is 2.23. The maximum Gasteiger partial charge on any atom is 0.238 e. The number of rotatable bonds is 3. The summed E-state index contributed by atoms with van der Waals surface area (Å²) in [7, 11) is 0. The second-order valence-electron chi connectivity index (χ2n) is 4.61. The summed E-state index contributed by atoms with van der Waals surface area (Å²) in [6.45, 7) is 7.66. The van der Waals surface area contributed by atoms with Crippen LogP contribution in [0.4, 0.5) is 5.69 Å². The fourth-order valence-corrected chi connectivity index (χ4v) is 1.67. The molecule has 1 aromatic rings. The molecule has 2 N–H and O–H groups in total. The lowest BCUT2D eigenvalue weighted by Crippen LogP contribution is -2.27. The Morgan fingerprint density at radius 2 is 1.94 bits per heavy atom. The number of carbonyl (C=O) groups excluding carboxylic acids is 1. The Labute approximate surface area is 110 Å². The number of aryl methyl sites for hydroxylation is 2. The van der Waals surface area contributed by atoms with Crippen LogP contribution in [-0.4, -0.2) is 15.8 Å². The molecule has 1 aromatic carbocycles. The van der Waals surface area contributed by atoms with E-state index in [1.54, 1.807) is 6.07 Å². The van der Waals surface area contributed by atoms with Gasteiger partial charge in [-0.2, -0.15) is 0 Å². The molecule has 0 spiro atoms. The van der Waals surface area contributed by atoms with E-state index in [0.29, 0.717) is 5.69 Å². The van der Waals surface area contributed by atoms with Gasteiger partial charge in [0, 0.05) is 0 Å². The van der Waals surface area contributed by atoms with Crippen molar-refractivity contribution in [2.24, 2.45) is 5.92 Å². The first-order valence-electron chi connectivity index (χ1n) is 5.58. The van der Waals surface area contributed by atoms with E-state index in [9.17, 15) is 9.90 Å². The van der Waals surface area contributed by atoms with Gasteiger partial charge in [0.05, 0.1) is 10.5 Å². The minimum Gasteiger partial charge on any atom is -0.505 e. The van der Waals surface area contributed by atoms with Gasteiger partial charge in [0.2, 0.25) is 5.91 Å². The van der Waals surface area contributed by atoms with E-state index in [4.69, 9.17) is 0 Å². The minimum atomic E-state index is -0.261. The molecule has 0 saturated heterocycles. The summed E-state index contributed by atoms with van der Waals surface area (Å²) in [5, 5.41) is 12.6. The van der Waals surface area contributed by atoms with Crippen LogP contribution in [0.5, 0.6) is 5.75 Å². The largest absolute Gasteiger partial charge is 0.505 e. The molecule has 0 saturated carbocycles. The molecule has 0 aliphatic rings. The summed E-state index contributed by atoms with van der Waals surface area (Å²) < 4.78 is 0. The van der Waals surface area contributed by atoms with Crippen molar-refractivity contribution in [2.75, 3.05) is 5.32 Å². The zero-order chi connectivity index (χ0) is 13.2. The van der Waals surface area contributed by atoms with Crippen molar-refractivity contribution in [3.63, 3.8) is 0 Å². The normalized spacial score (nSPS) is 12.6. The molecule has 0 unspecified atom stereocenters. The van der Waals surface area contributed by atoms with Gasteiger partial charge in [0.15, 0.2) is 0 Å². The van der Waals surface area contributed by atoms with Gasteiger partial charge in [-0.05, 0) is 37.0 Å². The molecule has 0 fully saturated rings. The molecule has 1 amide bonds. The van der Waals surface area contributed by atoms with Crippen LogP contribution in [0.15, 0.2) is 12.1 Å². The van der Waals surface area contributed by atoms with E-state index in [0.717, 1.165) is 11.1 Å². The second kappa shape index (κ2) is 5.54. The summed E-state index contributed by atoms with van der Waals surface area (Å²) in [6, 6.07) is 3.64. The molecule has 0 aliphatic heterocycles. The maximum absolute atomic E-state index is 11.9. The third kappa shape index (κ3) is 3.46. The fourth-order valence-electron chi connectivity index (χ4n) is 1.56. The molecule has 0 radical (unpaired) electrons. The molecular formula is C13H18BrNO2. The number of hydrogen-bond acceptors (Lipinski definition) is 2. The number of hydrogen-bond donors (Lipinski definition) is 2. The zero-order valence-corrected chi connectivity index (χ0v) is 12.1. The van der Waals surface area contributed by atoms with Crippen LogP contribution >= 0.6 is 15.9 Å². The number of phenolic OH excluding ortho intramolecular Hbond substituents is 1. The highest BCUT2D eigenvalue weighted by molar-refractivity contribution is 9.10. The van der Waals surface area contributed by atoms with E-state index in [1.807, 2.05) is 33.8 Å². The van der Waals surface area contributed by atoms with Crippen molar-refractivity contribution in [3.05, 3.63) is 23.3 Å². The Kier molecular flexibility index (Phi) is 4.57. The molecule has 4 heteroatoms. The van der Waals surface area contributed by atoms with Gasteiger partial charge < -0.3 is 10.4 Å². The van der Waals surface area contributed by atoms with Crippen LogP contribution in [0.1, 0.15) is 25.0 Å². The number of benzene rings is 1. The van der Waals surface area contributed by atoms with E-state index >= 15 is 0 Å². The van der Waals surface area contributed by atoms with Gasteiger partial charge in [0.1, 0.15) is 5.75 Å². The Bertz CT molecular complexity index is 430. The van der Waals surface area contributed by atoms with Gasteiger partial charge >= 0.3 is 0 Å². The quantitative estimate of drug-likeness (QED) is 0.664. The third-order valence-corrected chi connectivity index (χ3v) is 4.01. The smallest absolute Gasteiger partial charge is 0.238 e. The molecular weight excluding hydrogens is 282 g/mol. The van der Waals surface area contributed by atoms with Crippen molar-refractivity contribution < 1.29 is 9.90 Å². The number of amides is 1. The van der Waals surface area contributed by atoms with Gasteiger partial charge in [-0.15, -0.1) is 0 Å². The fraction of sp³-hybridized carbons (Fsp3) is 0.462. The lowest BCUT2D eigenvalue weighted by Gasteiger charge is -2.15. The zero-order valence-electron chi connectivity index (χ0n) is 10.5. The first kappa shape index (κ1) is 14.0. The molecule has 17 heavy (non-hydrogen) atoms. The van der Waals surface area contributed by atoms with Crippen molar-refractivity contribution in [3.8, 4) is 5.75 Å². The molecule has 1 atom stereocenters. The summed E-state index contributed by atoms with van der Waals surface area (Å²) >= 11 is 3.33. The standard InChI is InChI=1S/C13H18BrNO2/c1-7(2)11(14)13(17)15-10-6-8(3)5-9(4)12(10)16/h5-7,11,16H,1-4H3,(H,15,17)/t11-/m1/s1. The van der Waals surface area contributed by atoms with Crippen molar-refractivity contribution >= 4 is 27.5 Å². The van der Waals surface area contributed by atoms with Gasteiger partial charge in [0.25, 0.3) is 0 Å². The van der Waals surface area contributed by atoms with Crippen LogP contribution < -0.4 is 5.32 Å². The lowest BCUT2D eigenvalue weighted by molar-refractivity contribution is -0.116. The highest BCUT2D eigenvalue weighted by Gasteiger charge is 2.20. The SMILES string of the molecule is Cc1cc(C)c(O)c(NC(=O)[C@H](Br)C(C)C)c1. The molecule has 0 heterocycles. The van der Waals surface area contributed by atoms with E-state index in [2.05, 4.69) is 21.2 Å². The van der Waals surface area contributed by atoms with Gasteiger partial charge in [-0.25, -0.2) is 0 Å². The van der Waals surface area contributed by atoms with Crippen molar-refractivity contribution in [1.29, 1.82) is 0 Å². The Balaban J connectivity index is 2.92. The summed E-state index contributed by atoms with van der Waals surface area (Å²) in [4.78, 5) is 11.6. The first-order chi connectivity index (χ1) is 7.82. The third-order valence-electron chi connectivity index (χ3n) is 2.54. The van der Waals surface area contributed by atoms with Crippen LogP contribution in [0, 0.1) is 19.8 Å². The van der Waals surface area contributed by atoms with E-state index in [-0.39, 0.29) is 22.4 Å². The van der Waals surface area contributed by atoms with Crippen molar-refractivity contribution in [2.45, 2.75) is 32.5 Å². The number of halogens is 1. The van der Waals surface area contributed by atoms with E-state index in [1.165, 1.54) is 0 Å². The number of carbonyl (C=O) groups is 1. The molecule has 0 aromatic heterocycles. The maximum atomic E-state index is 11.9. The summed E-state index contributed by atoms with van der Waals surface area (Å²) in [5.74, 6) is 0.191. The molecule has 94 valence electrons. The topological polar surface area (TPSA) is 49.3 Å². The number of anilines is 1. The van der Waals surface area contributed by atoms with Gasteiger partial charge in [-0.3, -0.25) is 4.79 Å². The van der Waals surface area contributed by atoms with Crippen LogP contribution in [-0.2, 0) is 4.79 Å². The van der Waals surface area contributed by atoms with Crippen molar-refractivity contribution in [1.82, 2.24) is 0 Å². The number of phenols is 1. The Morgan fingerprint density at radius 3 is 2.47 bits per heavy atom. The average molecular weight is 300 g/mol. The lowest BCUT2D eigenvalue weighted by atomic mass is 10.1. The molecule has 0 aliphatic carbocycles. The second-order valence-corrected chi connectivity index (χ2v) is 5.60.